The number of carbonyl (C=O) groups is 2. The van der Waals surface area contributed by atoms with Gasteiger partial charge in [-0.2, -0.15) is 0 Å². The van der Waals surface area contributed by atoms with Crippen molar-refractivity contribution in [2.24, 2.45) is 5.92 Å². The van der Waals surface area contributed by atoms with Gasteiger partial charge in [0, 0.05) is 24.8 Å². The molecule has 7 nitrogen and oxygen atoms in total. The molecule has 2 heterocycles. The molecule has 1 aromatic carbocycles. The molecule has 1 unspecified atom stereocenters. The molecule has 0 bridgehead atoms. The largest absolute Gasteiger partial charge is 0.354 e. The number of amides is 2. The molecule has 2 aliphatic rings. The second kappa shape index (κ2) is 9.64. The number of anilines is 2. The Bertz CT molecular complexity index is 951. The number of nitrogens with zero attached hydrogens (tertiary/aromatic N) is 3. The number of nitrogens with one attached hydrogen (secondary N) is 2. The predicted octanol–water partition coefficient (Wildman–Crippen LogP) is 3.15. The molecule has 2 amide bonds. The van der Waals surface area contributed by atoms with Crippen LogP contribution in [0.3, 0.4) is 0 Å². The van der Waals surface area contributed by atoms with Gasteiger partial charge in [0.15, 0.2) is 5.82 Å². The maximum atomic E-state index is 13.6. The van der Waals surface area contributed by atoms with Gasteiger partial charge in [-0.3, -0.25) is 9.59 Å². The van der Waals surface area contributed by atoms with Crippen molar-refractivity contribution in [2.75, 3.05) is 29.1 Å². The van der Waals surface area contributed by atoms with E-state index in [9.17, 15) is 14.0 Å². The van der Waals surface area contributed by atoms with Crippen LogP contribution in [0, 0.1) is 18.7 Å². The molecule has 1 saturated heterocycles. The van der Waals surface area contributed by atoms with Crippen LogP contribution in [-0.4, -0.2) is 46.9 Å². The van der Waals surface area contributed by atoms with Crippen molar-refractivity contribution < 1.29 is 14.0 Å². The molecule has 1 aromatic heterocycles. The summed E-state index contributed by atoms with van der Waals surface area (Å²) < 4.78 is 13.6. The number of thioether (sulfide) groups is 1. The van der Waals surface area contributed by atoms with Crippen LogP contribution in [0.5, 0.6) is 0 Å². The van der Waals surface area contributed by atoms with E-state index in [0.29, 0.717) is 28.9 Å². The monoisotopic (exact) mass is 443 g/mol. The molecule has 0 radical (unpaired) electrons. The van der Waals surface area contributed by atoms with Crippen LogP contribution in [-0.2, 0) is 9.59 Å². The summed E-state index contributed by atoms with van der Waals surface area (Å²) >= 11 is 1.27. The lowest BCUT2D eigenvalue weighted by Gasteiger charge is -2.32. The third kappa shape index (κ3) is 5.94. The molecule has 1 atom stereocenters. The van der Waals surface area contributed by atoms with Crippen LogP contribution < -0.4 is 15.5 Å². The lowest BCUT2D eigenvalue weighted by molar-refractivity contribution is -0.125. The number of rotatable bonds is 7. The van der Waals surface area contributed by atoms with Gasteiger partial charge in [0.2, 0.25) is 11.8 Å². The molecular weight excluding hydrogens is 417 g/mol. The SMILES string of the molecule is Cc1ccc(NC(=O)CSc2ccc(N3CCCC(C(=O)NC4CC4)C3)nn2)cc1F. The van der Waals surface area contributed by atoms with Crippen LogP contribution in [0.2, 0.25) is 0 Å². The van der Waals surface area contributed by atoms with E-state index in [0.717, 1.165) is 38.0 Å². The van der Waals surface area contributed by atoms with Crippen molar-refractivity contribution in [1.29, 1.82) is 0 Å². The first kappa shape index (κ1) is 21.5. The van der Waals surface area contributed by atoms with Gasteiger partial charge in [-0.15, -0.1) is 10.2 Å². The van der Waals surface area contributed by atoms with Crippen molar-refractivity contribution in [1.82, 2.24) is 15.5 Å². The average molecular weight is 444 g/mol. The van der Waals surface area contributed by atoms with Crippen molar-refractivity contribution in [2.45, 2.75) is 43.7 Å². The second-order valence-corrected chi connectivity index (χ2v) is 9.09. The van der Waals surface area contributed by atoms with Crippen LogP contribution in [0.4, 0.5) is 15.9 Å². The Balaban J connectivity index is 1.27. The zero-order chi connectivity index (χ0) is 21.8. The van der Waals surface area contributed by atoms with Gasteiger partial charge in [-0.1, -0.05) is 17.8 Å². The number of benzene rings is 1. The van der Waals surface area contributed by atoms with Crippen molar-refractivity contribution in [3.63, 3.8) is 0 Å². The molecule has 2 aromatic rings. The van der Waals surface area contributed by atoms with Gasteiger partial charge in [0.25, 0.3) is 0 Å². The van der Waals surface area contributed by atoms with Gasteiger partial charge >= 0.3 is 0 Å². The quantitative estimate of drug-likeness (QED) is 0.640. The minimum atomic E-state index is -0.350. The standard InChI is InChI=1S/C22H26FN5O2S/c1-14-4-5-17(11-18(14)23)24-20(29)13-31-21-9-8-19(26-27-21)28-10-2-3-15(12-28)22(30)25-16-6-7-16/h4-5,8-9,11,15-16H,2-3,6-7,10,12-13H2,1H3,(H,24,29)(H,25,30). The zero-order valence-corrected chi connectivity index (χ0v) is 18.3. The first-order valence-electron chi connectivity index (χ1n) is 10.6. The molecule has 2 fully saturated rings. The fourth-order valence-corrected chi connectivity index (χ4v) is 4.13. The Hall–Kier alpha value is -2.68. The van der Waals surface area contributed by atoms with E-state index in [4.69, 9.17) is 0 Å². The van der Waals surface area contributed by atoms with Crippen molar-refractivity contribution in [3.05, 3.63) is 41.7 Å². The fourth-order valence-electron chi connectivity index (χ4n) is 3.51. The van der Waals surface area contributed by atoms with E-state index < -0.39 is 0 Å². The summed E-state index contributed by atoms with van der Waals surface area (Å²) in [6.45, 7) is 3.17. The summed E-state index contributed by atoms with van der Waals surface area (Å²) in [6.07, 6.45) is 4.02. The first-order chi connectivity index (χ1) is 15.0. The minimum Gasteiger partial charge on any atom is -0.354 e. The molecule has 2 N–H and O–H groups in total. The molecule has 164 valence electrons. The average Bonchev–Trinajstić information content (AvgIpc) is 3.59. The highest BCUT2D eigenvalue weighted by molar-refractivity contribution is 7.99. The highest BCUT2D eigenvalue weighted by Gasteiger charge is 2.30. The summed E-state index contributed by atoms with van der Waals surface area (Å²) in [6, 6.07) is 8.70. The molecular formula is C22H26FN5O2S. The van der Waals surface area contributed by atoms with Crippen LogP contribution in [0.15, 0.2) is 35.4 Å². The summed E-state index contributed by atoms with van der Waals surface area (Å²) in [5.74, 6) is 0.438. The number of piperidine rings is 1. The maximum Gasteiger partial charge on any atom is 0.234 e. The lowest BCUT2D eigenvalue weighted by atomic mass is 9.97. The number of hydrogen-bond acceptors (Lipinski definition) is 6. The van der Waals surface area contributed by atoms with Gasteiger partial charge < -0.3 is 15.5 Å². The highest BCUT2D eigenvalue weighted by Crippen LogP contribution is 2.25. The summed E-state index contributed by atoms with van der Waals surface area (Å²) in [5.41, 5.74) is 0.965. The summed E-state index contributed by atoms with van der Waals surface area (Å²) in [5, 5.41) is 14.9. The number of aryl methyl sites for hydroxylation is 1. The van der Waals surface area contributed by atoms with Crippen LogP contribution in [0.25, 0.3) is 0 Å². The Labute approximate surface area is 185 Å². The van der Waals surface area contributed by atoms with Crippen LogP contribution in [0.1, 0.15) is 31.2 Å². The number of carbonyl (C=O) groups excluding carboxylic acids is 2. The number of hydrogen-bond donors (Lipinski definition) is 2. The topological polar surface area (TPSA) is 87.2 Å². The summed E-state index contributed by atoms with van der Waals surface area (Å²) in [7, 11) is 0. The van der Waals surface area contributed by atoms with Gasteiger partial charge in [-0.05, 0) is 62.4 Å². The van der Waals surface area contributed by atoms with E-state index >= 15 is 0 Å². The smallest absolute Gasteiger partial charge is 0.234 e. The molecule has 0 spiro atoms. The van der Waals surface area contributed by atoms with Gasteiger partial charge in [-0.25, -0.2) is 4.39 Å². The molecule has 4 rings (SSSR count). The van der Waals surface area contributed by atoms with E-state index in [1.54, 1.807) is 19.1 Å². The van der Waals surface area contributed by atoms with Crippen molar-refractivity contribution >= 4 is 35.1 Å². The third-order valence-electron chi connectivity index (χ3n) is 5.47. The molecule has 1 saturated carbocycles. The van der Waals surface area contributed by atoms with Gasteiger partial charge in [0.05, 0.1) is 11.7 Å². The van der Waals surface area contributed by atoms with E-state index in [-0.39, 0.29) is 29.3 Å². The Morgan fingerprint density at radius 2 is 2.03 bits per heavy atom. The van der Waals surface area contributed by atoms with Gasteiger partial charge in [0.1, 0.15) is 10.8 Å². The van der Waals surface area contributed by atoms with E-state index in [1.165, 1.54) is 17.8 Å². The third-order valence-corrected chi connectivity index (χ3v) is 6.39. The second-order valence-electron chi connectivity index (χ2n) is 8.10. The zero-order valence-electron chi connectivity index (χ0n) is 17.4. The fraction of sp³-hybridized carbons (Fsp3) is 0.455. The number of aromatic nitrogens is 2. The van der Waals surface area contributed by atoms with E-state index in [1.807, 2.05) is 12.1 Å². The Morgan fingerprint density at radius 3 is 2.74 bits per heavy atom. The highest BCUT2D eigenvalue weighted by atomic mass is 32.2. The van der Waals surface area contributed by atoms with Crippen molar-refractivity contribution in [3.8, 4) is 0 Å². The predicted molar refractivity (Wildman–Crippen MR) is 119 cm³/mol. The Morgan fingerprint density at radius 1 is 1.19 bits per heavy atom. The summed E-state index contributed by atoms with van der Waals surface area (Å²) in [4.78, 5) is 26.6. The molecule has 31 heavy (non-hydrogen) atoms. The Kier molecular flexibility index (Phi) is 6.70. The molecule has 1 aliphatic heterocycles. The normalized spacial score (nSPS) is 18.5. The maximum absolute atomic E-state index is 13.6. The van der Waals surface area contributed by atoms with E-state index in [2.05, 4.69) is 25.7 Å². The molecule has 9 heteroatoms. The van der Waals surface area contributed by atoms with Crippen LogP contribution >= 0.6 is 11.8 Å². The lowest BCUT2D eigenvalue weighted by Crippen LogP contribution is -2.44. The first-order valence-corrected chi connectivity index (χ1v) is 11.5. The molecule has 1 aliphatic carbocycles. The minimum absolute atomic E-state index is 0.0134. The number of halogens is 1.